The average Bonchev–Trinajstić information content (AvgIpc) is 2.41. The number of nitrogens with zero attached hydrogens (tertiary/aromatic N) is 1. The summed E-state index contributed by atoms with van der Waals surface area (Å²) in [6.07, 6.45) is -4.52. The van der Waals surface area contributed by atoms with E-state index in [1.165, 1.54) is 0 Å². The number of benzene rings is 1. The van der Waals surface area contributed by atoms with Crippen molar-refractivity contribution in [1.82, 2.24) is 4.98 Å². The maximum absolute atomic E-state index is 13.6. The Balaban J connectivity index is 2.28. The molecule has 0 spiro atoms. The van der Waals surface area contributed by atoms with E-state index in [0.29, 0.717) is 18.4 Å². The molecular formula is C14H13F4N3. The van der Waals surface area contributed by atoms with Gasteiger partial charge in [0.15, 0.2) is 0 Å². The normalized spacial score (nSPS) is 11.3. The zero-order valence-corrected chi connectivity index (χ0v) is 11.1. The number of anilines is 3. The van der Waals surface area contributed by atoms with E-state index in [1.54, 1.807) is 18.2 Å². The number of halogens is 4. The smallest absolute Gasteiger partial charge is 0.370 e. The summed E-state index contributed by atoms with van der Waals surface area (Å²) in [7, 11) is 0. The fourth-order valence-corrected chi connectivity index (χ4v) is 1.72. The van der Waals surface area contributed by atoms with Gasteiger partial charge in [-0.3, -0.25) is 0 Å². The van der Waals surface area contributed by atoms with Crippen LogP contribution in [-0.4, -0.2) is 11.5 Å². The minimum absolute atomic E-state index is 0.256. The summed E-state index contributed by atoms with van der Waals surface area (Å²) in [5.41, 5.74) is -1.19. The highest BCUT2D eigenvalue weighted by Gasteiger charge is 2.31. The van der Waals surface area contributed by atoms with Gasteiger partial charge in [-0.25, -0.2) is 9.37 Å². The lowest BCUT2D eigenvalue weighted by Gasteiger charge is -2.12. The van der Waals surface area contributed by atoms with Crippen LogP contribution in [0.4, 0.5) is 34.9 Å². The van der Waals surface area contributed by atoms with Crippen molar-refractivity contribution in [2.45, 2.75) is 13.1 Å². The predicted octanol–water partition coefficient (Wildman–Crippen LogP) is 4.41. The Bertz CT molecular complexity index is 626. The summed E-state index contributed by atoms with van der Waals surface area (Å²) in [6.45, 7) is 2.53. The van der Waals surface area contributed by atoms with Crippen molar-refractivity contribution in [1.29, 1.82) is 0 Å². The van der Waals surface area contributed by atoms with Crippen LogP contribution in [0.5, 0.6) is 0 Å². The number of aromatic nitrogens is 1. The van der Waals surface area contributed by atoms with Crippen LogP contribution >= 0.6 is 0 Å². The van der Waals surface area contributed by atoms with Crippen LogP contribution in [-0.2, 0) is 6.18 Å². The number of hydrogen-bond donors (Lipinski definition) is 2. The molecule has 7 heteroatoms. The van der Waals surface area contributed by atoms with Crippen molar-refractivity contribution in [2.24, 2.45) is 0 Å². The number of alkyl halides is 3. The van der Waals surface area contributed by atoms with Gasteiger partial charge >= 0.3 is 6.18 Å². The van der Waals surface area contributed by atoms with E-state index < -0.39 is 17.6 Å². The van der Waals surface area contributed by atoms with Gasteiger partial charge in [0.05, 0.1) is 11.3 Å². The maximum Gasteiger partial charge on any atom is 0.416 e. The zero-order chi connectivity index (χ0) is 15.5. The molecule has 0 saturated heterocycles. The quantitative estimate of drug-likeness (QED) is 0.821. The molecule has 0 radical (unpaired) electrons. The third kappa shape index (κ3) is 3.84. The SMILES string of the molecule is CCNc1cccc(Nc2cc(C(F)(F)F)ccc2F)n1. The standard InChI is InChI=1S/C14H13F4N3/c1-2-19-12-4-3-5-13(21-12)20-11-8-9(14(16,17)18)6-7-10(11)15/h3-8H,2H2,1H3,(H2,19,20,21). The van der Waals surface area contributed by atoms with Crippen LogP contribution in [0, 0.1) is 5.82 Å². The summed E-state index contributed by atoms with van der Waals surface area (Å²) in [5, 5.41) is 5.52. The van der Waals surface area contributed by atoms with Gasteiger partial charge in [-0.05, 0) is 37.3 Å². The van der Waals surface area contributed by atoms with Crippen molar-refractivity contribution in [3.8, 4) is 0 Å². The molecule has 0 aliphatic carbocycles. The van der Waals surface area contributed by atoms with Crippen LogP contribution in [0.15, 0.2) is 36.4 Å². The van der Waals surface area contributed by atoms with Crippen molar-refractivity contribution >= 4 is 17.3 Å². The number of rotatable bonds is 4. The molecule has 2 aromatic rings. The molecule has 112 valence electrons. The minimum atomic E-state index is -4.52. The van der Waals surface area contributed by atoms with E-state index in [4.69, 9.17) is 0 Å². The first kappa shape index (κ1) is 15.1. The lowest BCUT2D eigenvalue weighted by atomic mass is 10.2. The molecule has 0 bridgehead atoms. The van der Waals surface area contributed by atoms with Crippen LogP contribution in [0.2, 0.25) is 0 Å². The fraction of sp³-hybridized carbons (Fsp3) is 0.214. The Hall–Kier alpha value is -2.31. The van der Waals surface area contributed by atoms with E-state index >= 15 is 0 Å². The molecule has 2 N–H and O–H groups in total. The fourth-order valence-electron chi connectivity index (χ4n) is 1.72. The first-order valence-electron chi connectivity index (χ1n) is 6.25. The third-order valence-electron chi connectivity index (χ3n) is 2.66. The van der Waals surface area contributed by atoms with E-state index in [0.717, 1.165) is 12.1 Å². The zero-order valence-electron chi connectivity index (χ0n) is 11.1. The predicted molar refractivity (Wildman–Crippen MR) is 73.1 cm³/mol. The van der Waals surface area contributed by atoms with Crippen molar-refractivity contribution in [2.75, 3.05) is 17.2 Å². The van der Waals surface area contributed by atoms with Crippen LogP contribution in [0.25, 0.3) is 0 Å². The molecule has 1 aromatic heterocycles. The van der Waals surface area contributed by atoms with Gasteiger partial charge in [-0.1, -0.05) is 6.07 Å². The maximum atomic E-state index is 13.6. The molecule has 0 aliphatic rings. The van der Waals surface area contributed by atoms with E-state index in [9.17, 15) is 17.6 Å². The molecule has 0 amide bonds. The largest absolute Gasteiger partial charge is 0.416 e. The second-order valence-corrected chi connectivity index (χ2v) is 4.26. The van der Waals surface area contributed by atoms with Gasteiger partial charge in [-0.15, -0.1) is 0 Å². The Labute approximate surface area is 119 Å². The third-order valence-corrected chi connectivity index (χ3v) is 2.66. The van der Waals surface area contributed by atoms with Crippen molar-refractivity contribution < 1.29 is 17.6 Å². The summed E-state index contributed by atoms with van der Waals surface area (Å²) in [5.74, 6) is 0.0280. The number of nitrogens with one attached hydrogen (secondary N) is 2. The molecule has 1 heterocycles. The Morgan fingerprint density at radius 3 is 2.48 bits per heavy atom. The molecule has 1 aromatic carbocycles. The van der Waals surface area contributed by atoms with E-state index in [1.807, 2.05) is 6.92 Å². The van der Waals surface area contributed by atoms with Gasteiger partial charge in [0.1, 0.15) is 17.5 Å². The Kier molecular flexibility index (Phi) is 4.30. The molecule has 0 atom stereocenters. The van der Waals surface area contributed by atoms with E-state index in [2.05, 4.69) is 15.6 Å². The van der Waals surface area contributed by atoms with Crippen LogP contribution in [0.1, 0.15) is 12.5 Å². The molecule has 3 nitrogen and oxygen atoms in total. The molecule has 0 aliphatic heterocycles. The highest BCUT2D eigenvalue weighted by atomic mass is 19.4. The molecule has 0 fully saturated rings. The summed E-state index contributed by atoms with van der Waals surface area (Å²) < 4.78 is 51.5. The average molecular weight is 299 g/mol. The molecule has 0 unspecified atom stereocenters. The van der Waals surface area contributed by atoms with Crippen LogP contribution < -0.4 is 10.6 Å². The summed E-state index contributed by atoms with van der Waals surface area (Å²) in [6, 6.07) is 7.11. The van der Waals surface area contributed by atoms with Crippen molar-refractivity contribution in [3.63, 3.8) is 0 Å². The highest BCUT2D eigenvalue weighted by Crippen LogP contribution is 2.32. The lowest BCUT2D eigenvalue weighted by Crippen LogP contribution is -2.07. The second kappa shape index (κ2) is 5.99. The molecule has 21 heavy (non-hydrogen) atoms. The lowest BCUT2D eigenvalue weighted by molar-refractivity contribution is -0.137. The first-order chi connectivity index (χ1) is 9.90. The van der Waals surface area contributed by atoms with Crippen LogP contribution in [0.3, 0.4) is 0 Å². The van der Waals surface area contributed by atoms with Gasteiger partial charge in [-0.2, -0.15) is 13.2 Å². The molecule has 0 saturated carbocycles. The number of pyridine rings is 1. The summed E-state index contributed by atoms with van der Waals surface area (Å²) >= 11 is 0. The first-order valence-corrected chi connectivity index (χ1v) is 6.25. The Morgan fingerprint density at radius 1 is 1.10 bits per heavy atom. The topological polar surface area (TPSA) is 37.0 Å². The van der Waals surface area contributed by atoms with E-state index in [-0.39, 0.29) is 11.5 Å². The molecular weight excluding hydrogens is 286 g/mol. The van der Waals surface area contributed by atoms with Gasteiger partial charge < -0.3 is 10.6 Å². The van der Waals surface area contributed by atoms with Gasteiger partial charge in [0, 0.05) is 6.54 Å². The second-order valence-electron chi connectivity index (χ2n) is 4.26. The van der Waals surface area contributed by atoms with Gasteiger partial charge in [0.2, 0.25) is 0 Å². The Morgan fingerprint density at radius 2 is 1.81 bits per heavy atom. The summed E-state index contributed by atoms with van der Waals surface area (Å²) in [4.78, 5) is 4.12. The highest BCUT2D eigenvalue weighted by molar-refractivity contribution is 5.59. The van der Waals surface area contributed by atoms with Gasteiger partial charge in [0.25, 0.3) is 0 Å². The van der Waals surface area contributed by atoms with Crippen molar-refractivity contribution in [3.05, 3.63) is 47.8 Å². The molecule has 2 rings (SSSR count). The number of hydrogen-bond acceptors (Lipinski definition) is 3. The monoisotopic (exact) mass is 299 g/mol. The minimum Gasteiger partial charge on any atom is -0.370 e.